The predicted molar refractivity (Wildman–Crippen MR) is 265 cm³/mol. The normalized spacial score (nSPS) is 25.2. The molecule has 0 spiro atoms. The lowest BCUT2D eigenvalue weighted by Crippen LogP contribution is -2.57. The maximum Gasteiger partial charge on any atom is 0.147 e. The Kier molecular flexibility index (Phi) is 22.4. The first-order chi connectivity index (χ1) is 32.7. The van der Waals surface area contributed by atoms with Crippen molar-refractivity contribution in [3.05, 3.63) is 108 Å². The van der Waals surface area contributed by atoms with E-state index in [4.69, 9.17) is 56.8 Å². The fraction of sp³-hybridized carbons (Fsp3) is 0.630. The minimum absolute atomic E-state index is 0.00655. The van der Waals surface area contributed by atoms with Crippen molar-refractivity contribution in [2.45, 2.75) is 128 Å². The zero-order valence-electron chi connectivity index (χ0n) is 42.5. The van der Waals surface area contributed by atoms with E-state index in [1.807, 2.05) is 78.9 Å². The van der Waals surface area contributed by atoms with E-state index in [1.54, 1.807) is 34.5 Å². The lowest BCUT2D eigenvalue weighted by atomic mass is 9.67. The Morgan fingerprint density at radius 1 is 0.706 bits per heavy atom. The first-order valence-electron chi connectivity index (χ1n) is 24.2. The van der Waals surface area contributed by atoms with E-state index in [0.29, 0.717) is 32.7 Å². The standard InChI is InChI=1S/C54H82O13Si/c1-12-47(62-33-41-18-22-43(58-7)23-19-41)52(64-35-42-20-24-44(59-8)25-21-42)50(63-34-40-16-14-13-15-17-40)45-32-48(55)54(67-38-61-30-31-68(9,10)11)27-26-46(53(54,3)4)51(65-36-57-6)49(39(45)2)66-37-60-29-28-56-5/h12-25,39,45-52,55H,1,26-38H2,2-11H3/t39-,45+,46+,47+,48+,49+,50+,51-,52+,54+/m1/s1. The number of hydrogen-bond donors (Lipinski definition) is 1. The van der Waals surface area contributed by atoms with E-state index in [1.165, 1.54) is 0 Å². The summed E-state index contributed by atoms with van der Waals surface area (Å²) >= 11 is 0. The molecule has 5 rings (SSSR count). The Morgan fingerprint density at radius 2 is 1.29 bits per heavy atom. The van der Waals surface area contributed by atoms with Crippen LogP contribution in [0.3, 0.4) is 0 Å². The third kappa shape index (κ3) is 15.1. The van der Waals surface area contributed by atoms with Gasteiger partial charge in [-0.15, -0.1) is 6.58 Å². The van der Waals surface area contributed by atoms with Gasteiger partial charge in [0, 0.05) is 34.3 Å². The molecular weight excluding hydrogens is 885 g/mol. The largest absolute Gasteiger partial charge is 0.497 e. The van der Waals surface area contributed by atoms with E-state index < -0.39 is 61.6 Å². The number of rotatable bonds is 30. The van der Waals surface area contributed by atoms with Crippen LogP contribution in [-0.2, 0) is 67.2 Å². The van der Waals surface area contributed by atoms with Crippen LogP contribution in [0.1, 0.15) is 56.7 Å². The van der Waals surface area contributed by atoms with E-state index in [0.717, 1.165) is 34.2 Å². The summed E-state index contributed by atoms with van der Waals surface area (Å²) in [6.07, 6.45) is -0.853. The zero-order chi connectivity index (χ0) is 49.2. The van der Waals surface area contributed by atoms with Crippen LogP contribution in [0.5, 0.6) is 11.5 Å². The van der Waals surface area contributed by atoms with Crippen LogP contribution in [-0.4, -0.2) is 124 Å². The minimum Gasteiger partial charge on any atom is -0.497 e. The quantitative estimate of drug-likeness (QED) is 0.0295. The van der Waals surface area contributed by atoms with Crippen LogP contribution in [0.2, 0.25) is 25.7 Å². The maximum absolute atomic E-state index is 13.2. The molecular formula is C54H82O13Si. The predicted octanol–water partition coefficient (Wildman–Crippen LogP) is 9.46. The highest BCUT2D eigenvalue weighted by Gasteiger charge is 2.64. The fourth-order valence-corrected chi connectivity index (χ4v) is 10.8. The number of ether oxygens (including phenoxy) is 12. The number of hydrogen-bond acceptors (Lipinski definition) is 13. The topological polar surface area (TPSA) is 131 Å². The third-order valence-electron chi connectivity index (χ3n) is 14.1. The lowest BCUT2D eigenvalue weighted by molar-refractivity contribution is -0.237. The summed E-state index contributed by atoms with van der Waals surface area (Å²) in [5.74, 6) is 0.577. The summed E-state index contributed by atoms with van der Waals surface area (Å²) in [4.78, 5) is 0. The second-order valence-electron chi connectivity index (χ2n) is 19.9. The number of aliphatic hydroxyl groups is 1. The van der Waals surface area contributed by atoms with Crippen LogP contribution in [0.15, 0.2) is 91.5 Å². The monoisotopic (exact) mass is 967 g/mol. The Labute approximate surface area is 408 Å². The molecule has 380 valence electrons. The number of methoxy groups -OCH3 is 4. The number of benzene rings is 3. The summed E-state index contributed by atoms with van der Waals surface area (Å²) in [6.45, 7) is 20.0. The van der Waals surface area contributed by atoms with Crippen LogP contribution in [0.25, 0.3) is 0 Å². The van der Waals surface area contributed by atoms with Crippen molar-refractivity contribution in [3.8, 4) is 11.5 Å². The number of fused-ring (bicyclic) bond motifs is 2. The van der Waals surface area contributed by atoms with Crippen molar-refractivity contribution >= 4 is 8.07 Å². The van der Waals surface area contributed by atoms with Crippen molar-refractivity contribution in [3.63, 3.8) is 0 Å². The van der Waals surface area contributed by atoms with Gasteiger partial charge in [0.15, 0.2) is 0 Å². The Morgan fingerprint density at radius 3 is 1.88 bits per heavy atom. The van der Waals surface area contributed by atoms with Crippen molar-refractivity contribution < 1.29 is 61.9 Å². The lowest BCUT2D eigenvalue weighted by Gasteiger charge is -2.48. The molecule has 2 fully saturated rings. The van der Waals surface area contributed by atoms with Crippen LogP contribution in [0, 0.1) is 23.2 Å². The first kappa shape index (κ1) is 55.7. The molecule has 68 heavy (non-hydrogen) atoms. The molecule has 0 aliphatic heterocycles. The molecule has 3 aromatic carbocycles. The summed E-state index contributed by atoms with van der Waals surface area (Å²) in [5.41, 5.74) is 1.20. The van der Waals surface area contributed by atoms with Gasteiger partial charge in [0.25, 0.3) is 0 Å². The van der Waals surface area contributed by atoms with Crippen LogP contribution < -0.4 is 9.47 Å². The fourth-order valence-electron chi connectivity index (χ4n) is 10.0. The smallest absolute Gasteiger partial charge is 0.147 e. The highest BCUT2D eigenvalue weighted by Crippen LogP contribution is 2.59. The summed E-state index contributed by atoms with van der Waals surface area (Å²) < 4.78 is 76.1. The van der Waals surface area contributed by atoms with Gasteiger partial charge in [-0.25, -0.2) is 0 Å². The van der Waals surface area contributed by atoms with Crippen molar-refractivity contribution in [1.82, 2.24) is 0 Å². The van der Waals surface area contributed by atoms with Gasteiger partial charge in [0.2, 0.25) is 0 Å². The van der Waals surface area contributed by atoms with Crippen molar-refractivity contribution in [2.24, 2.45) is 23.2 Å². The van der Waals surface area contributed by atoms with Gasteiger partial charge in [0.05, 0.1) is 71.7 Å². The molecule has 2 bridgehead atoms. The van der Waals surface area contributed by atoms with Gasteiger partial charge >= 0.3 is 0 Å². The molecule has 0 heterocycles. The molecule has 2 aliphatic carbocycles. The SMILES string of the molecule is C=C[C@H](OCc1ccc(OC)cc1)[C@H](OCc1ccc(OC)cc1)[C@@H](OCc1ccccc1)[C@H]1C[C@H](O)[C@@]2(OCOCC[Si](C)(C)C)CC[C@@H]([C@@H](OCOC)[C@@H](OCOCCOC)[C@@H]1C)C2(C)C. The average molecular weight is 967 g/mol. The Balaban J connectivity index is 1.65. The van der Waals surface area contributed by atoms with E-state index in [9.17, 15) is 5.11 Å². The molecule has 13 nitrogen and oxygen atoms in total. The highest BCUT2D eigenvalue weighted by atomic mass is 28.3. The summed E-state index contributed by atoms with van der Waals surface area (Å²) in [6, 6.07) is 26.7. The van der Waals surface area contributed by atoms with Gasteiger partial charge in [-0.05, 0) is 84.0 Å². The second-order valence-corrected chi connectivity index (χ2v) is 25.6. The molecule has 0 saturated heterocycles. The minimum atomic E-state index is -1.37. The molecule has 0 unspecified atom stereocenters. The first-order valence-corrected chi connectivity index (χ1v) is 27.9. The summed E-state index contributed by atoms with van der Waals surface area (Å²) in [5, 5.41) is 13.2. The van der Waals surface area contributed by atoms with Crippen molar-refractivity contribution in [2.75, 3.05) is 68.6 Å². The number of aliphatic hydroxyl groups excluding tert-OH is 1. The maximum atomic E-state index is 13.2. The van der Waals surface area contributed by atoms with Crippen LogP contribution in [0.4, 0.5) is 0 Å². The molecule has 2 saturated carbocycles. The molecule has 3 aromatic rings. The van der Waals surface area contributed by atoms with Gasteiger partial charge in [-0.2, -0.15) is 0 Å². The van der Waals surface area contributed by atoms with E-state index in [2.05, 4.69) is 47.0 Å². The zero-order valence-corrected chi connectivity index (χ0v) is 43.5. The molecule has 14 heteroatoms. The molecule has 0 aromatic heterocycles. The highest BCUT2D eigenvalue weighted by molar-refractivity contribution is 6.76. The van der Waals surface area contributed by atoms with E-state index >= 15 is 0 Å². The average Bonchev–Trinajstić information content (AvgIpc) is 3.61. The Bertz CT molecular complexity index is 1860. The van der Waals surface area contributed by atoms with Gasteiger partial charge in [-0.1, -0.05) is 101 Å². The van der Waals surface area contributed by atoms with Gasteiger partial charge in [-0.3, -0.25) is 0 Å². The molecule has 0 radical (unpaired) electrons. The molecule has 2 aliphatic rings. The molecule has 10 atom stereocenters. The second kappa shape index (κ2) is 27.4. The third-order valence-corrected chi connectivity index (χ3v) is 15.8. The molecule has 0 amide bonds. The van der Waals surface area contributed by atoms with Gasteiger partial charge < -0.3 is 61.9 Å². The van der Waals surface area contributed by atoms with E-state index in [-0.39, 0.29) is 58.5 Å². The summed E-state index contributed by atoms with van der Waals surface area (Å²) in [7, 11) is 5.19. The van der Waals surface area contributed by atoms with Gasteiger partial charge in [0.1, 0.15) is 49.7 Å². The van der Waals surface area contributed by atoms with Crippen molar-refractivity contribution in [1.29, 1.82) is 0 Å². The Hall–Kier alpha value is -3.22. The van der Waals surface area contributed by atoms with Crippen LogP contribution >= 0.6 is 0 Å². The molecule has 1 N–H and O–H groups in total.